The van der Waals surface area contributed by atoms with E-state index in [-0.39, 0.29) is 0 Å². The van der Waals surface area contributed by atoms with Crippen LogP contribution < -0.4 is 10.6 Å². The smallest absolute Gasteiger partial charge is 0.134 e. The molecule has 1 saturated heterocycles. The summed E-state index contributed by atoms with van der Waals surface area (Å²) >= 11 is 0. The number of rotatable bonds is 8. The van der Waals surface area contributed by atoms with E-state index in [1.54, 1.807) is 6.33 Å². The molecule has 118 valence electrons. The average Bonchev–Trinajstić information content (AvgIpc) is 2.53. The summed E-state index contributed by atoms with van der Waals surface area (Å²) in [4.78, 5) is 11.2. The summed E-state index contributed by atoms with van der Waals surface area (Å²) in [5.74, 6) is 1.91. The molecule has 6 nitrogen and oxygen atoms in total. The lowest BCUT2D eigenvalue weighted by Crippen LogP contribution is -2.37. The molecule has 0 bridgehead atoms. The molecule has 0 amide bonds. The highest BCUT2D eigenvalue weighted by atomic mass is 16.5. The van der Waals surface area contributed by atoms with Crippen molar-refractivity contribution in [2.45, 2.75) is 26.7 Å². The summed E-state index contributed by atoms with van der Waals surface area (Å²) in [7, 11) is 0. The fraction of sp³-hybridized carbons (Fsp3) is 0.733. The number of ether oxygens (including phenoxy) is 1. The second-order valence-corrected chi connectivity index (χ2v) is 5.17. The first-order valence-electron chi connectivity index (χ1n) is 7.96. The lowest BCUT2D eigenvalue weighted by molar-refractivity contribution is 0.0378. The molecule has 0 spiro atoms. The molecule has 1 aromatic rings. The third-order valence-electron chi connectivity index (χ3n) is 3.69. The quantitative estimate of drug-likeness (QED) is 0.710. The van der Waals surface area contributed by atoms with Crippen LogP contribution in [0.25, 0.3) is 0 Å². The Kier molecular flexibility index (Phi) is 6.69. The summed E-state index contributed by atoms with van der Waals surface area (Å²) in [6, 6.07) is 0. The predicted octanol–water partition coefficient (Wildman–Crippen LogP) is 1.60. The van der Waals surface area contributed by atoms with Crippen molar-refractivity contribution in [3.8, 4) is 0 Å². The molecule has 2 N–H and O–H groups in total. The average molecular weight is 293 g/mol. The Morgan fingerprint density at radius 2 is 1.86 bits per heavy atom. The number of aromatic nitrogens is 2. The van der Waals surface area contributed by atoms with Crippen molar-refractivity contribution >= 4 is 11.6 Å². The molecule has 0 unspecified atom stereocenters. The van der Waals surface area contributed by atoms with Crippen molar-refractivity contribution in [2.24, 2.45) is 0 Å². The van der Waals surface area contributed by atoms with E-state index < -0.39 is 0 Å². The van der Waals surface area contributed by atoms with Crippen LogP contribution in [0, 0.1) is 0 Å². The maximum Gasteiger partial charge on any atom is 0.134 e. The first-order chi connectivity index (χ1) is 10.3. The molecule has 0 aliphatic carbocycles. The zero-order valence-electron chi connectivity index (χ0n) is 13.2. The highest BCUT2D eigenvalue weighted by molar-refractivity contribution is 5.57. The number of nitrogens with zero attached hydrogens (tertiary/aromatic N) is 3. The van der Waals surface area contributed by atoms with Crippen LogP contribution >= 0.6 is 0 Å². The van der Waals surface area contributed by atoms with E-state index in [1.807, 2.05) is 0 Å². The summed E-state index contributed by atoms with van der Waals surface area (Å²) in [6.07, 6.45) is 3.67. The molecule has 6 heteroatoms. The van der Waals surface area contributed by atoms with Gasteiger partial charge in [-0.25, -0.2) is 9.97 Å². The van der Waals surface area contributed by atoms with Crippen molar-refractivity contribution in [2.75, 3.05) is 56.6 Å². The molecule has 1 fully saturated rings. The number of hydrogen-bond acceptors (Lipinski definition) is 6. The van der Waals surface area contributed by atoms with Crippen molar-refractivity contribution in [3.05, 3.63) is 11.9 Å². The van der Waals surface area contributed by atoms with E-state index in [4.69, 9.17) is 4.74 Å². The Labute approximate surface area is 127 Å². The van der Waals surface area contributed by atoms with Gasteiger partial charge >= 0.3 is 0 Å². The molecule has 0 radical (unpaired) electrons. The largest absolute Gasteiger partial charge is 0.379 e. The lowest BCUT2D eigenvalue weighted by atomic mass is 10.2. The Hall–Kier alpha value is -1.40. The van der Waals surface area contributed by atoms with Gasteiger partial charge in [-0.3, -0.25) is 4.90 Å². The highest BCUT2D eigenvalue weighted by Gasteiger charge is 2.11. The molecule has 0 aromatic carbocycles. The first-order valence-corrected chi connectivity index (χ1v) is 7.96. The van der Waals surface area contributed by atoms with Gasteiger partial charge in [0.2, 0.25) is 0 Å². The molecule has 0 atom stereocenters. The summed E-state index contributed by atoms with van der Waals surface area (Å²) < 4.78 is 5.36. The molecular formula is C15H27N5O. The van der Waals surface area contributed by atoms with Crippen LogP contribution in [0.1, 0.15) is 25.8 Å². The van der Waals surface area contributed by atoms with Gasteiger partial charge in [0.25, 0.3) is 0 Å². The topological polar surface area (TPSA) is 62.3 Å². The number of morpholine rings is 1. The monoisotopic (exact) mass is 293 g/mol. The Bertz CT molecular complexity index is 421. The van der Waals surface area contributed by atoms with Crippen LogP contribution in [0.4, 0.5) is 11.6 Å². The van der Waals surface area contributed by atoms with E-state index >= 15 is 0 Å². The zero-order chi connectivity index (χ0) is 14.9. The van der Waals surface area contributed by atoms with E-state index in [2.05, 4.69) is 39.3 Å². The Morgan fingerprint density at radius 3 is 2.52 bits per heavy atom. The van der Waals surface area contributed by atoms with Gasteiger partial charge in [0.15, 0.2) is 0 Å². The lowest BCUT2D eigenvalue weighted by Gasteiger charge is -2.26. The second kappa shape index (κ2) is 8.79. The summed E-state index contributed by atoms with van der Waals surface area (Å²) in [6.45, 7) is 11.0. The van der Waals surface area contributed by atoms with E-state index in [0.29, 0.717) is 0 Å². The standard InChI is InChI=1S/C15H27N5O/c1-3-13-14(16-4-2)18-12-19-15(13)17-6-5-7-20-8-10-21-11-9-20/h12H,3-11H2,1-2H3,(H2,16,17,18,19). The van der Waals surface area contributed by atoms with Crippen LogP contribution in [0.3, 0.4) is 0 Å². The molecular weight excluding hydrogens is 266 g/mol. The maximum absolute atomic E-state index is 5.36. The SMILES string of the molecule is CCNc1ncnc(NCCCN2CCOCC2)c1CC. The van der Waals surface area contributed by atoms with Crippen LogP contribution in [-0.4, -0.2) is 60.8 Å². The number of hydrogen-bond donors (Lipinski definition) is 2. The fourth-order valence-electron chi connectivity index (χ4n) is 2.55. The summed E-state index contributed by atoms with van der Waals surface area (Å²) in [5, 5.41) is 6.75. The van der Waals surface area contributed by atoms with Crippen LogP contribution in [0.15, 0.2) is 6.33 Å². The van der Waals surface area contributed by atoms with E-state index in [9.17, 15) is 0 Å². The third-order valence-corrected chi connectivity index (χ3v) is 3.69. The van der Waals surface area contributed by atoms with Gasteiger partial charge in [-0.1, -0.05) is 6.92 Å². The van der Waals surface area contributed by atoms with Crippen molar-refractivity contribution in [1.82, 2.24) is 14.9 Å². The highest BCUT2D eigenvalue weighted by Crippen LogP contribution is 2.20. The predicted molar refractivity (Wildman–Crippen MR) is 85.9 cm³/mol. The molecule has 0 saturated carbocycles. The minimum Gasteiger partial charge on any atom is -0.379 e. The molecule has 21 heavy (non-hydrogen) atoms. The van der Waals surface area contributed by atoms with Gasteiger partial charge in [0.1, 0.15) is 18.0 Å². The van der Waals surface area contributed by atoms with Gasteiger partial charge in [0, 0.05) is 31.7 Å². The molecule has 1 aliphatic heterocycles. The second-order valence-electron chi connectivity index (χ2n) is 5.17. The third kappa shape index (κ3) is 4.82. The summed E-state index contributed by atoms with van der Waals surface area (Å²) in [5.41, 5.74) is 1.17. The van der Waals surface area contributed by atoms with Crippen LogP contribution in [0.5, 0.6) is 0 Å². The van der Waals surface area contributed by atoms with Gasteiger partial charge < -0.3 is 15.4 Å². The van der Waals surface area contributed by atoms with Crippen molar-refractivity contribution < 1.29 is 4.74 Å². The van der Waals surface area contributed by atoms with Gasteiger partial charge in [-0.05, 0) is 26.3 Å². The Balaban J connectivity index is 1.80. The molecule has 1 aliphatic rings. The van der Waals surface area contributed by atoms with Gasteiger partial charge in [0.05, 0.1) is 13.2 Å². The molecule has 2 rings (SSSR count). The minimum absolute atomic E-state index is 0.866. The van der Waals surface area contributed by atoms with Crippen LogP contribution in [0.2, 0.25) is 0 Å². The van der Waals surface area contributed by atoms with E-state index in [0.717, 1.165) is 70.4 Å². The minimum atomic E-state index is 0.866. The fourth-order valence-corrected chi connectivity index (χ4v) is 2.55. The van der Waals surface area contributed by atoms with Crippen molar-refractivity contribution in [1.29, 1.82) is 0 Å². The normalized spacial score (nSPS) is 15.9. The maximum atomic E-state index is 5.36. The molecule has 1 aromatic heterocycles. The Morgan fingerprint density at radius 1 is 1.14 bits per heavy atom. The zero-order valence-corrected chi connectivity index (χ0v) is 13.2. The first kappa shape index (κ1) is 16.0. The molecule has 2 heterocycles. The van der Waals surface area contributed by atoms with Gasteiger partial charge in [-0.2, -0.15) is 0 Å². The number of anilines is 2. The van der Waals surface area contributed by atoms with Crippen molar-refractivity contribution in [3.63, 3.8) is 0 Å². The van der Waals surface area contributed by atoms with Gasteiger partial charge in [-0.15, -0.1) is 0 Å². The van der Waals surface area contributed by atoms with Crippen LogP contribution in [-0.2, 0) is 11.2 Å². The number of nitrogens with one attached hydrogen (secondary N) is 2. The van der Waals surface area contributed by atoms with E-state index in [1.165, 1.54) is 5.56 Å².